The van der Waals surface area contributed by atoms with Gasteiger partial charge in [-0.15, -0.1) is 0 Å². The lowest BCUT2D eigenvalue weighted by Crippen LogP contribution is -2.27. The standard InChI is InChI=1S/C26H33N3O2/c1-17(2)10-12-29-22-8-7-20(27-25(30)26(3,4)5)16-21(22)28-24(29)15-18-6-9-23-19(14-18)11-13-31-23/h6-9,14,16-17H,10-13,15H2,1-5H3,(H,27,30). The molecule has 5 heteroatoms. The molecule has 0 fully saturated rings. The number of rotatable bonds is 6. The molecule has 31 heavy (non-hydrogen) atoms. The van der Waals surface area contributed by atoms with Gasteiger partial charge in [-0.2, -0.15) is 0 Å². The first-order chi connectivity index (χ1) is 14.7. The Balaban J connectivity index is 1.67. The smallest absolute Gasteiger partial charge is 0.229 e. The van der Waals surface area contributed by atoms with Crippen molar-refractivity contribution in [3.05, 3.63) is 53.3 Å². The summed E-state index contributed by atoms with van der Waals surface area (Å²) in [5.74, 6) is 2.70. The highest BCUT2D eigenvalue weighted by atomic mass is 16.5. The van der Waals surface area contributed by atoms with Crippen LogP contribution in [-0.2, 0) is 24.2 Å². The lowest BCUT2D eigenvalue weighted by Gasteiger charge is -2.17. The van der Waals surface area contributed by atoms with Crippen molar-refractivity contribution < 1.29 is 9.53 Å². The quantitative estimate of drug-likeness (QED) is 0.566. The number of aryl methyl sites for hydroxylation is 1. The van der Waals surface area contributed by atoms with Crippen LogP contribution in [0.2, 0.25) is 0 Å². The molecule has 2 aromatic carbocycles. The van der Waals surface area contributed by atoms with Crippen LogP contribution in [0.5, 0.6) is 5.75 Å². The van der Waals surface area contributed by atoms with E-state index in [-0.39, 0.29) is 5.91 Å². The van der Waals surface area contributed by atoms with Crippen LogP contribution in [0.15, 0.2) is 36.4 Å². The van der Waals surface area contributed by atoms with Crippen molar-refractivity contribution in [2.24, 2.45) is 11.3 Å². The molecule has 0 spiro atoms. The number of amides is 1. The summed E-state index contributed by atoms with van der Waals surface area (Å²) < 4.78 is 8.00. The minimum Gasteiger partial charge on any atom is -0.493 e. The second kappa shape index (κ2) is 8.37. The molecule has 2 heterocycles. The van der Waals surface area contributed by atoms with Crippen molar-refractivity contribution in [1.82, 2.24) is 9.55 Å². The van der Waals surface area contributed by atoms with Crippen LogP contribution in [0.1, 0.15) is 58.0 Å². The molecule has 1 aromatic heterocycles. The summed E-state index contributed by atoms with van der Waals surface area (Å²) in [7, 11) is 0. The molecule has 1 aliphatic rings. The Labute approximate surface area is 184 Å². The Morgan fingerprint density at radius 3 is 2.74 bits per heavy atom. The molecule has 1 aliphatic heterocycles. The van der Waals surface area contributed by atoms with Gasteiger partial charge in [0.1, 0.15) is 11.6 Å². The van der Waals surface area contributed by atoms with Crippen molar-refractivity contribution in [2.75, 3.05) is 11.9 Å². The second-order valence-corrected chi connectivity index (χ2v) is 9.99. The number of hydrogen-bond donors (Lipinski definition) is 1. The lowest BCUT2D eigenvalue weighted by molar-refractivity contribution is -0.123. The summed E-state index contributed by atoms with van der Waals surface area (Å²) in [6, 6.07) is 12.5. The molecule has 3 aromatic rings. The number of benzene rings is 2. The Kier molecular flexibility index (Phi) is 5.78. The van der Waals surface area contributed by atoms with Gasteiger partial charge in [-0.05, 0) is 47.7 Å². The summed E-state index contributed by atoms with van der Waals surface area (Å²) in [5.41, 5.74) is 4.95. The SMILES string of the molecule is CC(C)CCn1c(Cc2ccc3c(c2)CCO3)nc2cc(NC(=O)C(C)(C)C)ccc21. The zero-order chi connectivity index (χ0) is 22.2. The monoisotopic (exact) mass is 419 g/mol. The third kappa shape index (κ3) is 4.76. The predicted molar refractivity (Wildman–Crippen MR) is 126 cm³/mol. The molecule has 4 rings (SSSR count). The minimum absolute atomic E-state index is 0.00618. The number of fused-ring (bicyclic) bond motifs is 2. The largest absolute Gasteiger partial charge is 0.493 e. The number of carbonyl (C=O) groups is 1. The molecule has 0 atom stereocenters. The number of hydrogen-bond acceptors (Lipinski definition) is 3. The molecule has 1 N–H and O–H groups in total. The lowest BCUT2D eigenvalue weighted by atomic mass is 9.95. The summed E-state index contributed by atoms with van der Waals surface area (Å²) in [4.78, 5) is 17.4. The van der Waals surface area contributed by atoms with Gasteiger partial charge in [-0.25, -0.2) is 4.98 Å². The van der Waals surface area contributed by atoms with Gasteiger partial charge in [-0.1, -0.05) is 46.8 Å². The molecule has 0 saturated carbocycles. The predicted octanol–water partition coefficient (Wildman–Crippen LogP) is 5.59. The van der Waals surface area contributed by atoms with Crippen molar-refractivity contribution in [3.63, 3.8) is 0 Å². The highest BCUT2D eigenvalue weighted by Gasteiger charge is 2.22. The number of nitrogens with zero attached hydrogens (tertiary/aromatic N) is 2. The van der Waals surface area contributed by atoms with E-state index in [1.807, 2.05) is 32.9 Å². The van der Waals surface area contributed by atoms with Crippen LogP contribution in [0.3, 0.4) is 0 Å². The van der Waals surface area contributed by atoms with E-state index in [2.05, 4.69) is 48.0 Å². The average molecular weight is 420 g/mol. The van der Waals surface area contributed by atoms with E-state index < -0.39 is 5.41 Å². The number of anilines is 1. The average Bonchev–Trinajstić information content (AvgIpc) is 3.29. The van der Waals surface area contributed by atoms with Gasteiger partial charge in [0.25, 0.3) is 0 Å². The van der Waals surface area contributed by atoms with Crippen molar-refractivity contribution >= 4 is 22.6 Å². The number of ether oxygens (including phenoxy) is 1. The first kappa shape index (κ1) is 21.4. The van der Waals surface area contributed by atoms with E-state index in [9.17, 15) is 4.79 Å². The van der Waals surface area contributed by atoms with Gasteiger partial charge in [0.05, 0.1) is 17.6 Å². The van der Waals surface area contributed by atoms with E-state index in [1.165, 1.54) is 11.1 Å². The Morgan fingerprint density at radius 2 is 2.00 bits per heavy atom. The molecule has 5 nitrogen and oxygen atoms in total. The van der Waals surface area contributed by atoms with E-state index >= 15 is 0 Å². The maximum absolute atomic E-state index is 12.4. The van der Waals surface area contributed by atoms with Crippen molar-refractivity contribution in [2.45, 2.75) is 60.4 Å². The highest BCUT2D eigenvalue weighted by molar-refractivity contribution is 5.96. The summed E-state index contributed by atoms with van der Waals surface area (Å²) in [6.07, 6.45) is 2.85. The number of imidazole rings is 1. The molecule has 0 unspecified atom stereocenters. The van der Waals surface area contributed by atoms with Gasteiger partial charge >= 0.3 is 0 Å². The fraction of sp³-hybridized carbons (Fsp3) is 0.462. The topological polar surface area (TPSA) is 56.1 Å². The summed E-state index contributed by atoms with van der Waals surface area (Å²) in [6.45, 7) is 12.0. The minimum atomic E-state index is -0.436. The summed E-state index contributed by atoms with van der Waals surface area (Å²) >= 11 is 0. The first-order valence-electron chi connectivity index (χ1n) is 11.3. The number of carbonyl (C=O) groups excluding carboxylic acids is 1. The van der Waals surface area contributed by atoms with E-state index in [0.717, 1.165) is 60.7 Å². The van der Waals surface area contributed by atoms with E-state index in [1.54, 1.807) is 0 Å². The normalized spacial score (nSPS) is 13.5. The first-order valence-corrected chi connectivity index (χ1v) is 11.3. The molecule has 0 saturated heterocycles. The Hall–Kier alpha value is -2.82. The fourth-order valence-electron chi connectivity index (χ4n) is 3.88. The Bertz CT molecular complexity index is 1110. The highest BCUT2D eigenvalue weighted by Crippen LogP contribution is 2.28. The van der Waals surface area contributed by atoms with Crippen LogP contribution in [0, 0.1) is 11.3 Å². The zero-order valence-electron chi connectivity index (χ0n) is 19.3. The van der Waals surface area contributed by atoms with Gasteiger partial charge in [0.2, 0.25) is 5.91 Å². The fourth-order valence-corrected chi connectivity index (χ4v) is 3.88. The van der Waals surface area contributed by atoms with E-state index in [4.69, 9.17) is 9.72 Å². The number of aromatic nitrogens is 2. The second-order valence-electron chi connectivity index (χ2n) is 9.99. The van der Waals surface area contributed by atoms with Gasteiger partial charge in [-0.3, -0.25) is 4.79 Å². The molecular weight excluding hydrogens is 386 g/mol. The van der Waals surface area contributed by atoms with Crippen LogP contribution in [0.4, 0.5) is 5.69 Å². The third-order valence-corrected chi connectivity index (χ3v) is 5.81. The van der Waals surface area contributed by atoms with Crippen molar-refractivity contribution in [3.8, 4) is 5.75 Å². The maximum Gasteiger partial charge on any atom is 0.229 e. The van der Waals surface area contributed by atoms with Gasteiger partial charge < -0.3 is 14.6 Å². The molecule has 0 bridgehead atoms. The summed E-state index contributed by atoms with van der Waals surface area (Å²) in [5, 5.41) is 3.03. The third-order valence-electron chi connectivity index (χ3n) is 5.81. The maximum atomic E-state index is 12.4. The zero-order valence-corrected chi connectivity index (χ0v) is 19.3. The molecule has 0 aliphatic carbocycles. The van der Waals surface area contributed by atoms with Crippen LogP contribution in [0.25, 0.3) is 11.0 Å². The number of nitrogens with one attached hydrogen (secondary N) is 1. The van der Waals surface area contributed by atoms with Crippen LogP contribution < -0.4 is 10.1 Å². The molecule has 164 valence electrons. The van der Waals surface area contributed by atoms with Crippen molar-refractivity contribution in [1.29, 1.82) is 0 Å². The van der Waals surface area contributed by atoms with Crippen LogP contribution >= 0.6 is 0 Å². The molecule has 1 amide bonds. The molecular formula is C26H33N3O2. The van der Waals surface area contributed by atoms with E-state index in [0.29, 0.717) is 5.92 Å². The van der Waals surface area contributed by atoms with Crippen LogP contribution in [-0.4, -0.2) is 22.1 Å². The van der Waals surface area contributed by atoms with Gasteiger partial charge in [0.15, 0.2) is 0 Å². The van der Waals surface area contributed by atoms with Gasteiger partial charge in [0, 0.05) is 30.5 Å². The molecule has 0 radical (unpaired) electrons. The Morgan fingerprint density at radius 1 is 1.19 bits per heavy atom.